The first kappa shape index (κ1) is 22.3. The zero-order valence-electron chi connectivity index (χ0n) is 16.0. The molecule has 0 unspecified atom stereocenters. The van der Waals surface area contributed by atoms with Crippen molar-refractivity contribution in [2.24, 2.45) is 4.99 Å². The van der Waals surface area contributed by atoms with Gasteiger partial charge in [0.05, 0.1) is 12.3 Å². The third kappa shape index (κ3) is 8.93. The highest BCUT2D eigenvalue weighted by Gasteiger charge is 2.06. The Morgan fingerprint density at radius 2 is 1.33 bits per heavy atom. The van der Waals surface area contributed by atoms with Crippen molar-refractivity contribution in [3.05, 3.63) is 101 Å². The highest BCUT2D eigenvalue weighted by Crippen LogP contribution is 2.10. The van der Waals surface area contributed by atoms with Crippen LogP contribution >= 0.6 is 11.6 Å². The van der Waals surface area contributed by atoms with Gasteiger partial charge in [-0.25, -0.2) is 4.98 Å². The fourth-order valence-corrected chi connectivity index (χ4v) is 2.20. The molecule has 0 radical (unpaired) electrons. The van der Waals surface area contributed by atoms with Gasteiger partial charge in [-0.05, 0) is 19.1 Å². The molecular weight excluding hydrogens is 356 g/mol. The molecule has 0 saturated carbocycles. The summed E-state index contributed by atoms with van der Waals surface area (Å²) in [6.45, 7) is 5.77. The Morgan fingerprint density at radius 3 is 1.67 bits per heavy atom. The van der Waals surface area contributed by atoms with Gasteiger partial charge in [0.15, 0.2) is 5.78 Å². The monoisotopic (exact) mass is 380 g/mol. The number of carbonyl (C=O) groups excluding carboxylic acids is 1. The van der Waals surface area contributed by atoms with Crippen molar-refractivity contribution in [3.8, 4) is 0 Å². The molecule has 4 heteroatoms. The summed E-state index contributed by atoms with van der Waals surface area (Å²) in [5.74, 6) is 0.0689. The first-order chi connectivity index (χ1) is 13.2. The lowest BCUT2D eigenvalue weighted by Crippen LogP contribution is -2.06. The fraction of sp³-hybridized carbons (Fsp3) is 0.174. The van der Waals surface area contributed by atoms with E-state index in [-0.39, 0.29) is 12.3 Å². The molecule has 3 aromatic rings. The number of rotatable bonds is 4. The molecule has 0 N–H and O–H groups in total. The van der Waals surface area contributed by atoms with Crippen molar-refractivity contribution in [1.82, 2.24) is 4.98 Å². The normalized spacial score (nSPS) is 9.04. The average molecular weight is 381 g/mol. The lowest BCUT2D eigenvalue weighted by molar-refractivity contribution is -0.115. The predicted molar refractivity (Wildman–Crippen MR) is 115 cm³/mol. The molecule has 0 aliphatic heterocycles. The first-order valence-electron chi connectivity index (χ1n) is 8.88. The van der Waals surface area contributed by atoms with Crippen molar-refractivity contribution in [3.63, 3.8) is 0 Å². The minimum Gasteiger partial charge on any atom is -0.298 e. The number of nitrogens with zero attached hydrogens (tertiary/aromatic N) is 2. The smallest absolute Gasteiger partial charge is 0.151 e. The molecule has 27 heavy (non-hydrogen) atoms. The summed E-state index contributed by atoms with van der Waals surface area (Å²) in [4.78, 5) is 19.3. The number of hydrogen-bond acceptors (Lipinski definition) is 3. The Balaban J connectivity index is 0.000000338. The van der Waals surface area contributed by atoms with E-state index in [1.54, 1.807) is 19.2 Å². The van der Waals surface area contributed by atoms with Gasteiger partial charge >= 0.3 is 0 Å². The third-order valence-corrected chi connectivity index (χ3v) is 3.41. The maximum Gasteiger partial charge on any atom is 0.151 e. The Bertz CT molecular complexity index is 762. The van der Waals surface area contributed by atoms with Crippen LogP contribution in [-0.2, 0) is 4.79 Å². The number of aromatic nitrogens is 1. The molecule has 0 fully saturated rings. The minimum absolute atomic E-state index is 0.0689. The molecule has 3 rings (SSSR count). The Labute approximate surface area is 166 Å². The lowest BCUT2D eigenvalue weighted by Gasteiger charge is -2.06. The second-order valence-electron chi connectivity index (χ2n) is 5.25. The van der Waals surface area contributed by atoms with Gasteiger partial charge in [0.1, 0.15) is 5.15 Å². The maximum absolute atomic E-state index is 11.1. The number of pyridine rings is 1. The number of carbonyl (C=O) groups is 1. The molecule has 0 aliphatic carbocycles. The first-order valence-corrected chi connectivity index (χ1v) is 9.26. The summed E-state index contributed by atoms with van der Waals surface area (Å²) in [6, 6.07) is 25.3. The van der Waals surface area contributed by atoms with Gasteiger partial charge in [-0.1, -0.05) is 92.2 Å². The molecule has 1 aromatic heterocycles. The number of Topliss-reactive ketones (excluding diaryl/α,β-unsaturated/α-hetero) is 1. The Hall–Kier alpha value is -2.78. The third-order valence-electron chi connectivity index (χ3n) is 3.18. The van der Waals surface area contributed by atoms with Crippen LogP contribution in [-0.4, -0.2) is 23.0 Å². The van der Waals surface area contributed by atoms with Gasteiger partial charge < -0.3 is 0 Å². The summed E-state index contributed by atoms with van der Waals surface area (Å²) in [5, 5.41) is 0.544. The number of halogens is 1. The van der Waals surface area contributed by atoms with Gasteiger partial charge in [0.2, 0.25) is 0 Å². The zero-order chi connectivity index (χ0) is 19.9. The average Bonchev–Trinajstić information content (AvgIpc) is 2.72. The summed E-state index contributed by atoms with van der Waals surface area (Å²) in [6.07, 6.45) is 1.66. The van der Waals surface area contributed by atoms with Crippen LogP contribution in [0.15, 0.2) is 90.1 Å². The van der Waals surface area contributed by atoms with Crippen LogP contribution in [0.1, 0.15) is 31.9 Å². The summed E-state index contributed by atoms with van der Waals surface area (Å²) in [7, 11) is 0. The van der Waals surface area contributed by atoms with Crippen LogP contribution in [0.5, 0.6) is 0 Å². The highest BCUT2D eigenvalue weighted by molar-refractivity contribution is 6.29. The summed E-state index contributed by atoms with van der Waals surface area (Å²) < 4.78 is 0. The topological polar surface area (TPSA) is 42.3 Å². The van der Waals surface area contributed by atoms with Crippen molar-refractivity contribution in [2.45, 2.75) is 20.8 Å². The number of ketones is 1. The molecule has 3 nitrogen and oxygen atoms in total. The maximum atomic E-state index is 11.1. The largest absolute Gasteiger partial charge is 0.298 e. The van der Waals surface area contributed by atoms with E-state index in [4.69, 9.17) is 11.6 Å². The SMILES string of the molecule is CC.CC(=O)CN=C(c1ccccc1)c1ccccc1.Clc1ccccn1. The predicted octanol–water partition coefficient (Wildman–Crippen LogP) is 5.87. The molecule has 0 aliphatic rings. The molecule has 0 atom stereocenters. The van der Waals surface area contributed by atoms with Crippen molar-refractivity contribution >= 4 is 23.1 Å². The van der Waals surface area contributed by atoms with Crippen molar-refractivity contribution in [1.29, 1.82) is 0 Å². The van der Waals surface area contributed by atoms with Gasteiger partial charge in [-0.15, -0.1) is 0 Å². The van der Waals surface area contributed by atoms with Crippen molar-refractivity contribution < 1.29 is 4.79 Å². The summed E-state index contributed by atoms with van der Waals surface area (Å²) in [5.41, 5.74) is 2.93. The van der Waals surface area contributed by atoms with E-state index in [2.05, 4.69) is 9.98 Å². The van der Waals surface area contributed by atoms with E-state index in [9.17, 15) is 4.79 Å². The molecule has 0 amide bonds. The van der Waals surface area contributed by atoms with Crippen LogP contribution in [0.4, 0.5) is 0 Å². The van der Waals surface area contributed by atoms with E-state index < -0.39 is 0 Å². The van der Waals surface area contributed by atoms with Gasteiger partial charge in [-0.3, -0.25) is 9.79 Å². The quantitative estimate of drug-likeness (QED) is 0.419. The molecule has 0 spiro atoms. The van der Waals surface area contributed by atoms with Crippen LogP contribution < -0.4 is 0 Å². The Kier molecular flexibility index (Phi) is 11.1. The van der Waals surface area contributed by atoms with E-state index in [1.165, 1.54) is 0 Å². The number of hydrogen-bond donors (Lipinski definition) is 0. The molecule has 1 heterocycles. The van der Waals surface area contributed by atoms with Crippen LogP contribution in [0, 0.1) is 0 Å². The van der Waals surface area contributed by atoms with Gasteiger partial charge in [-0.2, -0.15) is 0 Å². The molecule has 0 saturated heterocycles. The fourth-order valence-electron chi connectivity index (χ4n) is 2.07. The van der Waals surface area contributed by atoms with Gasteiger partial charge in [0, 0.05) is 17.3 Å². The van der Waals surface area contributed by atoms with Crippen molar-refractivity contribution in [2.75, 3.05) is 6.54 Å². The van der Waals surface area contributed by atoms with E-state index in [1.807, 2.05) is 86.6 Å². The molecular formula is C23H25ClN2O. The van der Waals surface area contributed by atoms with Crippen LogP contribution in [0.3, 0.4) is 0 Å². The Morgan fingerprint density at radius 1 is 0.852 bits per heavy atom. The molecule has 0 bridgehead atoms. The van der Waals surface area contributed by atoms with Crippen LogP contribution in [0.25, 0.3) is 0 Å². The molecule has 140 valence electrons. The van der Waals surface area contributed by atoms with E-state index in [0.29, 0.717) is 5.15 Å². The van der Waals surface area contributed by atoms with Gasteiger partial charge in [0.25, 0.3) is 0 Å². The second kappa shape index (κ2) is 13.4. The zero-order valence-corrected chi connectivity index (χ0v) is 16.7. The minimum atomic E-state index is 0.0689. The second-order valence-corrected chi connectivity index (χ2v) is 5.64. The standard InChI is InChI=1S/C16H15NO.C5H4ClN.C2H6/c1-13(18)12-17-16(14-8-4-2-5-9-14)15-10-6-3-7-11-15;6-5-3-1-2-4-7-5;1-2/h2-11H,12H2,1H3;1-4H;1-2H3. The molecule has 2 aromatic carbocycles. The van der Waals surface area contributed by atoms with E-state index >= 15 is 0 Å². The van der Waals surface area contributed by atoms with Crippen LogP contribution in [0.2, 0.25) is 5.15 Å². The number of aliphatic imine (C=N–C) groups is 1. The number of benzene rings is 2. The summed E-state index contributed by atoms with van der Waals surface area (Å²) >= 11 is 5.43. The lowest BCUT2D eigenvalue weighted by atomic mass is 10.0. The highest BCUT2D eigenvalue weighted by atomic mass is 35.5. The van der Waals surface area contributed by atoms with E-state index in [0.717, 1.165) is 16.8 Å².